The summed E-state index contributed by atoms with van der Waals surface area (Å²) in [5, 5.41) is 11.4. The Hall–Kier alpha value is -3.64. The van der Waals surface area contributed by atoms with Crippen LogP contribution in [-0.2, 0) is 18.7 Å². The second-order valence-corrected chi connectivity index (χ2v) is 9.03. The summed E-state index contributed by atoms with van der Waals surface area (Å²) in [7, 11) is 0. The van der Waals surface area contributed by atoms with Gasteiger partial charge < -0.3 is 10.0 Å². The van der Waals surface area contributed by atoms with E-state index in [1.165, 1.54) is 6.07 Å². The number of aryl methyl sites for hydroxylation is 1. The summed E-state index contributed by atoms with van der Waals surface area (Å²) in [5.74, 6) is -0.481. The van der Waals surface area contributed by atoms with Crippen LogP contribution in [0.15, 0.2) is 60.9 Å². The number of nitrogens with zero attached hydrogens (tertiary/aromatic N) is 3. The van der Waals surface area contributed by atoms with E-state index in [-0.39, 0.29) is 18.3 Å². The van der Waals surface area contributed by atoms with Crippen molar-refractivity contribution in [2.45, 2.75) is 39.5 Å². The number of aromatic nitrogens is 2. The lowest BCUT2D eigenvalue weighted by molar-refractivity contribution is 0.0763. The molecule has 1 amide bonds. The Morgan fingerprint density at radius 3 is 2.55 bits per heavy atom. The molecule has 1 aliphatic rings. The molecule has 4 aromatic rings. The van der Waals surface area contributed by atoms with Crippen molar-refractivity contribution in [2.75, 3.05) is 0 Å². The van der Waals surface area contributed by atoms with Gasteiger partial charge in [0.2, 0.25) is 0 Å². The third-order valence-electron chi connectivity index (χ3n) is 6.26. The Morgan fingerprint density at radius 2 is 1.82 bits per heavy atom. The van der Waals surface area contributed by atoms with Gasteiger partial charge in [0.05, 0.1) is 28.9 Å². The third-order valence-corrected chi connectivity index (χ3v) is 6.26. The van der Waals surface area contributed by atoms with Gasteiger partial charge >= 0.3 is 0 Å². The van der Waals surface area contributed by atoms with Crippen molar-refractivity contribution >= 4 is 16.8 Å². The van der Waals surface area contributed by atoms with E-state index in [0.717, 1.165) is 33.3 Å². The maximum atomic E-state index is 15.4. The Kier molecular flexibility index (Phi) is 4.98. The molecule has 0 saturated heterocycles. The monoisotopic (exact) mass is 441 g/mol. The predicted octanol–water partition coefficient (Wildman–Crippen LogP) is 5.13. The molecule has 0 spiro atoms. The third kappa shape index (κ3) is 3.66. The molecule has 0 aliphatic carbocycles. The van der Waals surface area contributed by atoms with Gasteiger partial charge in [-0.2, -0.15) is 0 Å². The molecule has 0 fully saturated rings. The minimum Gasteiger partial charge on any atom is -0.386 e. The number of rotatable bonds is 4. The van der Waals surface area contributed by atoms with E-state index in [0.29, 0.717) is 23.2 Å². The van der Waals surface area contributed by atoms with Crippen LogP contribution >= 0.6 is 0 Å². The van der Waals surface area contributed by atoms with Crippen LogP contribution < -0.4 is 0 Å². The molecule has 0 atom stereocenters. The summed E-state index contributed by atoms with van der Waals surface area (Å²) < 4.78 is 15.4. The molecule has 166 valence electrons. The summed E-state index contributed by atoms with van der Waals surface area (Å²) >= 11 is 0. The van der Waals surface area contributed by atoms with Crippen LogP contribution in [0.25, 0.3) is 22.0 Å². The first-order valence-electron chi connectivity index (χ1n) is 10.9. The number of fused-ring (bicyclic) bond motifs is 2. The van der Waals surface area contributed by atoms with Gasteiger partial charge in [-0.1, -0.05) is 24.3 Å². The van der Waals surface area contributed by atoms with Crippen LogP contribution in [0.2, 0.25) is 0 Å². The average Bonchev–Trinajstić information content (AvgIpc) is 3.10. The molecule has 2 aromatic carbocycles. The lowest BCUT2D eigenvalue weighted by atomic mass is 9.90. The van der Waals surface area contributed by atoms with E-state index in [4.69, 9.17) is 0 Å². The Labute approximate surface area is 191 Å². The van der Waals surface area contributed by atoms with Crippen LogP contribution in [0.3, 0.4) is 0 Å². The molecule has 1 aliphatic heterocycles. The van der Waals surface area contributed by atoms with Gasteiger partial charge in [0, 0.05) is 35.5 Å². The van der Waals surface area contributed by atoms with Crippen LogP contribution in [0.5, 0.6) is 0 Å². The lowest BCUT2D eigenvalue weighted by Crippen LogP contribution is -2.24. The van der Waals surface area contributed by atoms with E-state index in [1.807, 2.05) is 37.3 Å². The van der Waals surface area contributed by atoms with Crippen molar-refractivity contribution < 1.29 is 14.3 Å². The highest BCUT2D eigenvalue weighted by Crippen LogP contribution is 2.36. The van der Waals surface area contributed by atoms with Gasteiger partial charge in [0.15, 0.2) is 0 Å². The molecule has 6 heteroatoms. The minimum atomic E-state index is -1.05. The SMILES string of the molecule is Cc1cc(-c2ccc(C(C)(C)O)c3ncccc23)cc(F)c1CN1Cc2ncccc2C1=O. The predicted molar refractivity (Wildman–Crippen MR) is 125 cm³/mol. The number of halogens is 1. The summed E-state index contributed by atoms with van der Waals surface area (Å²) in [5.41, 5.74) is 4.50. The Bertz CT molecular complexity index is 1390. The number of benzene rings is 2. The van der Waals surface area contributed by atoms with Crippen LogP contribution in [0, 0.1) is 12.7 Å². The first-order valence-corrected chi connectivity index (χ1v) is 10.9. The second-order valence-electron chi connectivity index (χ2n) is 9.03. The number of hydrogen-bond donors (Lipinski definition) is 1. The Morgan fingerprint density at radius 1 is 1.06 bits per heavy atom. The topological polar surface area (TPSA) is 66.3 Å². The van der Waals surface area contributed by atoms with E-state index < -0.39 is 5.60 Å². The molecule has 0 bridgehead atoms. The summed E-state index contributed by atoms with van der Waals surface area (Å²) in [6.45, 7) is 5.88. The van der Waals surface area contributed by atoms with Crippen molar-refractivity contribution in [1.82, 2.24) is 14.9 Å². The van der Waals surface area contributed by atoms with Crippen molar-refractivity contribution in [3.8, 4) is 11.1 Å². The number of aliphatic hydroxyl groups is 1. The summed E-state index contributed by atoms with van der Waals surface area (Å²) in [6, 6.07) is 14.5. The fraction of sp³-hybridized carbons (Fsp3) is 0.222. The standard InChI is InChI=1S/C27H24FN3O2/c1-16-12-17(18-8-9-22(27(2,3)33)25-19(18)6-4-11-30-25)13-23(28)21(16)14-31-15-24-20(26(31)32)7-5-10-29-24/h4-13,33H,14-15H2,1-3H3. The van der Waals surface area contributed by atoms with E-state index in [1.54, 1.807) is 43.3 Å². The average molecular weight is 442 g/mol. The zero-order chi connectivity index (χ0) is 23.3. The smallest absolute Gasteiger partial charge is 0.256 e. The molecule has 1 N–H and O–H groups in total. The quantitative estimate of drug-likeness (QED) is 0.477. The summed E-state index contributed by atoms with van der Waals surface area (Å²) in [6.07, 6.45) is 3.36. The zero-order valence-electron chi connectivity index (χ0n) is 18.8. The number of hydrogen-bond acceptors (Lipinski definition) is 4. The first-order chi connectivity index (χ1) is 15.7. The minimum absolute atomic E-state index is 0.125. The molecule has 3 heterocycles. The number of pyridine rings is 2. The highest BCUT2D eigenvalue weighted by atomic mass is 19.1. The molecule has 5 rings (SSSR count). The number of amides is 1. The highest BCUT2D eigenvalue weighted by molar-refractivity contribution is 5.98. The fourth-order valence-corrected chi connectivity index (χ4v) is 4.55. The molecule has 0 radical (unpaired) electrons. The lowest BCUT2D eigenvalue weighted by Gasteiger charge is -2.21. The molecule has 33 heavy (non-hydrogen) atoms. The van der Waals surface area contributed by atoms with Crippen molar-refractivity contribution in [3.05, 3.63) is 94.7 Å². The normalized spacial score (nSPS) is 13.6. The maximum absolute atomic E-state index is 15.4. The molecule has 5 nitrogen and oxygen atoms in total. The molecule has 2 aromatic heterocycles. The molecular weight excluding hydrogens is 417 g/mol. The van der Waals surface area contributed by atoms with Crippen molar-refractivity contribution in [1.29, 1.82) is 0 Å². The first kappa shape index (κ1) is 21.2. The van der Waals surface area contributed by atoms with E-state index in [9.17, 15) is 9.90 Å². The second kappa shape index (κ2) is 7.74. The van der Waals surface area contributed by atoms with E-state index in [2.05, 4.69) is 9.97 Å². The van der Waals surface area contributed by atoms with Crippen LogP contribution in [-0.4, -0.2) is 25.9 Å². The molecular formula is C27H24FN3O2. The Balaban J connectivity index is 1.53. The highest BCUT2D eigenvalue weighted by Gasteiger charge is 2.29. The van der Waals surface area contributed by atoms with Gasteiger partial charge in [-0.3, -0.25) is 14.8 Å². The van der Waals surface area contributed by atoms with Gasteiger partial charge in [-0.05, 0) is 61.7 Å². The van der Waals surface area contributed by atoms with Gasteiger partial charge in [-0.25, -0.2) is 4.39 Å². The fourth-order valence-electron chi connectivity index (χ4n) is 4.55. The largest absolute Gasteiger partial charge is 0.386 e. The van der Waals surface area contributed by atoms with Crippen molar-refractivity contribution in [3.63, 3.8) is 0 Å². The maximum Gasteiger partial charge on any atom is 0.256 e. The molecule has 0 saturated carbocycles. The number of carbonyl (C=O) groups is 1. The summed E-state index contributed by atoms with van der Waals surface area (Å²) in [4.78, 5) is 23.1. The van der Waals surface area contributed by atoms with E-state index >= 15 is 4.39 Å². The zero-order valence-corrected chi connectivity index (χ0v) is 18.8. The van der Waals surface area contributed by atoms with Gasteiger partial charge in [0.25, 0.3) is 5.91 Å². The van der Waals surface area contributed by atoms with Gasteiger partial charge in [0.1, 0.15) is 5.82 Å². The van der Waals surface area contributed by atoms with Crippen LogP contribution in [0.4, 0.5) is 4.39 Å². The van der Waals surface area contributed by atoms with Gasteiger partial charge in [-0.15, -0.1) is 0 Å². The number of carbonyl (C=O) groups excluding carboxylic acids is 1. The van der Waals surface area contributed by atoms with Crippen LogP contribution in [0.1, 0.15) is 46.6 Å². The molecule has 0 unspecified atom stereocenters. The van der Waals surface area contributed by atoms with Crippen molar-refractivity contribution in [2.24, 2.45) is 0 Å².